The predicted octanol–water partition coefficient (Wildman–Crippen LogP) is 5.10. The van der Waals surface area contributed by atoms with E-state index in [4.69, 9.17) is 63.5 Å². The van der Waals surface area contributed by atoms with Crippen molar-refractivity contribution in [1.82, 2.24) is 26.1 Å². The van der Waals surface area contributed by atoms with Gasteiger partial charge in [-0.25, -0.2) is 15.0 Å². The van der Waals surface area contributed by atoms with E-state index in [9.17, 15) is 24.0 Å². The van der Waals surface area contributed by atoms with Gasteiger partial charge in [-0.15, -0.1) is 0 Å². The summed E-state index contributed by atoms with van der Waals surface area (Å²) in [5.74, 6) is -3.27. The molecule has 308 valence electrons. The molecule has 1 aromatic heterocycles. The van der Waals surface area contributed by atoms with Gasteiger partial charge in [0.05, 0.1) is 37.1 Å². The lowest BCUT2D eigenvalue weighted by Gasteiger charge is -2.35. The van der Waals surface area contributed by atoms with Crippen LogP contribution in [0.5, 0.6) is 0 Å². The number of fused-ring (bicyclic) bond motifs is 1. The van der Waals surface area contributed by atoms with Crippen LogP contribution in [0.3, 0.4) is 0 Å². The number of hydrazine groups is 1. The van der Waals surface area contributed by atoms with Crippen molar-refractivity contribution in [2.75, 3.05) is 33.0 Å². The largest absolute Gasteiger partial charge is 0.460 e. The van der Waals surface area contributed by atoms with Crippen molar-refractivity contribution in [1.29, 1.82) is 0 Å². The molecule has 5 atom stereocenters. The Kier molecular flexibility index (Phi) is 15.4. The normalized spacial score (nSPS) is 20.9. The highest BCUT2D eigenvalue weighted by atomic mass is 35.6. The van der Waals surface area contributed by atoms with Crippen LogP contribution in [-0.4, -0.2) is 106 Å². The van der Waals surface area contributed by atoms with Crippen LogP contribution in [-0.2, 0) is 42.9 Å². The predicted molar refractivity (Wildman–Crippen MR) is 210 cm³/mol. The Bertz CT molecular complexity index is 1770. The van der Waals surface area contributed by atoms with Gasteiger partial charge in [0.15, 0.2) is 6.10 Å². The number of nitrogens with zero attached hydrogens (tertiary/aromatic N) is 2. The Hall–Kier alpha value is -3.73. The molecule has 3 N–H and O–H groups in total. The van der Waals surface area contributed by atoms with Crippen molar-refractivity contribution < 1.29 is 47.7 Å². The lowest BCUT2D eigenvalue weighted by Crippen LogP contribution is -2.60. The molecule has 18 heteroatoms. The number of esters is 2. The molecule has 0 saturated carbocycles. The molecule has 15 nitrogen and oxygen atoms in total. The van der Waals surface area contributed by atoms with Crippen molar-refractivity contribution in [2.24, 2.45) is 5.92 Å². The van der Waals surface area contributed by atoms with Gasteiger partial charge in [0.2, 0.25) is 9.39 Å². The molecule has 3 heterocycles. The maximum Gasteiger partial charge on any atom is 0.408 e. The minimum Gasteiger partial charge on any atom is -0.460 e. The molecule has 0 bridgehead atoms. The third-order valence-corrected chi connectivity index (χ3v) is 8.98. The molecule has 4 rings (SSSR count). The van der Waals surface area contributed by atoms with E-state index in [0.717, 1.165) is 5.39 Å². The summed E-state index contributed by atoms with van der Waals surface area (Å²) in [4.78, 5) is 70.3. The van der Waals surface area contributed by atoms with Crippen molar-refractivity contribution in [3.8, 4) is 0 Å². The number of hydrogen-bond acceptors (Lipinski definition) is 12. The number of alkyl carbamates (subject to hydrolysis) is 1. The number of carbonyl (C=O) groups is 5. The van der Waals surface area contributed by atoms with Crippen LogP contribution in [0.1, 0.15) is 78.6 Å². The fourth-order valence-corrected chi connectivity index (χ4v) is 5.94. The van der Waals surface area contributed by atoms with E-state index in [1.54, 1.807) is 47.6 Å². The fraction of sp³-hybridized carbons (Fsp3) is 0.579. The first kappa shape index (κ1) is 45.0. The number of alkyl halides is 3. The zero-order chi connectivity index (χ0) is 41.4. The number of carbonyl (C=O) groups excluding carboxylic acids is 5. The lowest BCUT2D eigenvalue weighted by molar-refractivity contribution is -0.195. The first-order chi connectivity index (χ1) is 26.2. The summed E-state index contributed by atoms with van der Waals surface area (Å²) in [6.07, 6.45) is 2.21. The molecular weight excluding hydrogens is 793 g/mol. The minimum atomic E-state index is -1.79. The second kappa shape index (κ2) is 19.1. The van der Waals surface area contributed by atoms with E-state index in [2.05, 4.69) is 16.1 Å². The van der Waals surface area contributed by atoms with E-state index in [0.29, 0.717) is 29.6 Å². The Morgan fingerprint density at radius 1 is 1.05 bits per heavy atom. The van der Waals surface area contributed by atoms with E-state index >= 15 is 0 Å². The third-order valence-electron chi connectivity index (χ3n) is 8.65. The number of benzene rings is 1. The first-order valence-corrected chi connectivity index (χ1v) is 19.4. The number of pyridine rings is 1. The van der Waals surface area contributed by atoms with Crippen LogP contribution < -0.4 is 16.1 Å². The molecule has 2 aromatic rings. The molecule has 3 amide bonds. The lowest BCUT2D eigenvalue weighted by atomic mass is 10.0. The number of hydrogen-bond donors (Lipinski definition) is 3. The summed E-state index contributed by atoms with van der Waals surface area (Å²) < 4.78 is 26.1. The van der Waals surface area contributed by atoms with Crippen LogP contribution >= 0.6 is 34.8 Å². The summed E-state index contributed by atoms with van der Waals surface area (Å²) >= 11 is 17.0. The molecule has 4 unspecified atom stereocenters. The van der Waals surface area contributed by atoms with E-state index < -0.39 is 81.6 Å². The molecule has 0 radical (unpaired) electrons. The zero-order valence-electron chi connectivity index (χ0n) is 32.5. The van der Waals surface area contributed by atoms with Gasteiger partial charge >= 0.3 is 18.0 Å². The van der Waals surface area contributed by atoms with Gasteiger partial charge in [-0.1, -0.05) is 72.9 Å². The molecule has 0 aliphatic carbocycles. The second-order valence-corrected chi connectivity index (χ2v) is 17.5. The number of nitrogens with one attached hydrogen (secondary N) is 3. The molecule has 0 spiro atoms. The Morgan fingerprint density at radius 3 is 2.41 bits per heavy atom. The van der Waals surface area contributed by atoms with Gasteiger partial charge in [0.25, 0.3) is 11.8 Å². The topological polar surface area (TPSA) is 184 Å². The first-order valence-electron chi connectivity index (χ1n) is 18.3. The molecule has 2 aliphatic heterocycles. The second-order valence-electron chi connectivity index (χ2n) is 15.0. The molecular formula is C38H50Cl3N5O10. The molecule has 2 fully saturated rings. The third kappa shape index (κ3) is 12.9. The van der Waals surface area contributed by atoms with Crippen LogP contribution in [0.15, 0.2) is 36.4 Å². The number of aromatic nitrogens is 1. The van der Waals surface area contributed by atoms with Gasteiger partial charge in [0, 0.05) is 11.9 Å². The highest BCUT2D eigenvalue weighted by Gasteiger charge is 2.44. The zero-order valence-corrected chi connectivity index (χ0v) is 34.8. The van der Waals surface area contributed by atoms with Crippen LogP contribution in [0.25, 0.3) is 17.0 Å². The smallest absolute Gasteiger partial charge is 0.408 e. The maximum absolute atomic E-state index is 13.9. The average molecular weight is 843 g/mol. The van der Waals surface area contributed by atoms with Crippen LogP contribution in [0.2, 0.25) is 0 Å². The van der Waals surface area contributed by atoms with E-state index in [1.807, 2.05) is 30.3 Å². The van der Waals surface area contributed by atoms with Gasteiger partial charge in [-0.3, -0.25) is 24.4 Å². The fourth-order valence-electron chi connectivity index (χ4n) is 5.78. The Labute approximate surface area is 341 Å². The summed E-state index contributed by atoms with van der Waals surface area (Å²) in [7, 11) is 0. The number of halogens is 3. The summed E-state index contributed by atoms with van der Waals surface area (Å²) in [6, 6.07) is 6.91. The molecule has 2 saturated heterocycles. The minimum absolute atomic E-state index is 0.0938. The number of rotatable bonds is 12. The molecule has 2 aliphatic rings. The van der Waals surface area contributed by atoms with Crippen molar-refractivity contribution >= 4 is 81.6 Å². The van der Waals surface area contributed by atoms with E-state index in [1.165, 1.54) is 18.0 Å². The number of ether oxygens (including phenoxy) is 5. The van der Waals surface area contributed by atoms with Gasteiger partial charge in [-0.05, 0) is 77.2 Å². The van der Waals surface area contributed by atoms with Crippen molar-refractivity contribution in [2.45, 2.75) is 101 Å². The summed E-state index contributed by atoms with van der Waals surface area (Å²) in [6.45, 7) is 12.0. The summed E-state index contributed by atoms with van der Waals surface area (Å²) in [5.41, 5.74) is 2.45. The van der Waals surface area contributed by atoms with E-state index in [-0.39, 0.29) is 26.4 Å². The average Bonchev–Trinajstić information content (AvgIpc) is 3.13. The van der Waals surface area contributed by atoms with Crippen LogP contribution in [0.4, 0.5) is 4.79 Å². The number of amides is 3. The van der Waals surface area contributed by atoms with Gasteiger partial charge < -0.3 is 34.3 Å². The molecule has 56 heavy (non-hydrogen) atoms. The van der Waals surface area contributed by atoms with Crippen molar-refractivity contribution in [3.63, 3.8) is 0 Å². The van der Waals surface area contributed by atoms with Crippen LogP contribution in [0, 0.1) is 5.92 Å². The van der Waals surface area contributed by atoms with Crippen molar-refractivity contribution in [3.05, 3.63) is 47.7 Å². The summed E-state index contributed by atoms with van der Waals surface area (Å²) in [5, 5.41) is 7.51. The van der Waals surface area contributed by atoms with Gasteiger partial charge in [-0.2, -0.15) is 0 Å². The Morgan fingerprint density at radius 2 is 1.77 bits per heavy atom. The highest BCUT2D eigenvalue weighted by Crippen LogP contribution is 2.27. The van der Waals surface area contributed by atoms with Gasteiger partial charge in [0.1, 0.15) is 24.3 Å². The highest BCUT2D eigenvalue weighted by molar-refractivity contribution is 6.67. The Balaban J connectivity index is 1.44. The SMILES string of the molecule is CC(NC(=O)C(OC(=O)C1(/C=C/c2ccc3ccc([C@@H](C)NC(=O)OC(C)(C)C)nc3c2)COCCO1)C(C)C)C(=O)N1CCCC(C(=O)OCC(Cl)(Cl)Cl)N1. The monoisotopic (exact) mass is 841 g/mol. The quantitative estimate of drug-likeness (QED) is 0.146. The standard InChI is InChI=1S/C38H50Cl3N5O10/c1-22(2)30(31(47)42-24(4)32(48)46-16-8-9-28(45-46)33(49)53-21-38(39,40)41)55-34(50)37(20-52-17-18-54-37)15-14-25-10-11-26-12-13-27(44-29(26)19-25)23(3)43-35(51)56-36(5,6)7/h10-15,19,22-24,28,30,45H,8-9,16-18,20-21H2,1-7H3,(H,42,47)(H,43,51)/b15-14+/t23-,24?,28?,30?,37?/m1/s1. The molecule has 1 aromatic carbocycles. The maximum atomic E-state index is 13.9.